The second kappa shape index (κ2) is 16.6. The zero-order chi connectivity index (χ0) is 34.1. The third-order valence-corrected chi connectivity index (χ3v) is 8.36. The molecular weight excluding hydrogens is 613 g/mol. The average Bonchev–Trinajstić information content (AvgIpc) is 3.41. The van der Waals surface area contributed by atoms with E-state index in [-0.39, 0.29) is 18.2 Å². The summed E-state index contributed by atoms with van der Waals surface area (Å²) in [6.45, 7) is 1.88. The fourth-order valence-electron chi connectivity index (χ4n) is 5.48. The van der Waals surface area contributed by atoms with Crippen molar-refractivity contribution in [3.05, 3.63) is 82.5 Å². The summed E-state index contributed by atoms with van der Waals surface area (Å²) in [4.78, 5) is 12.3. The van der Waals surface area contributed by atoms with E-state index in [4.69, 9.17) is 14.6 Å². The van der Waals surface area contributed by atoms with Crippen LogP contribution in [0.3, 0.4) is 0 Å². The number of nitrogens with zero attached hydrogens (tertiary/aromatic N) is 2. The van der Waals surface area contributed by atoms with E-state index in [1.807, 2.05) is 68.4 Å². The van der Waals surface area contributed by atoms with Crippen LogP contribution >= 0.6 is 0 Å². The van der Waals surface area contributed by atoms with Gasteiger partial charge in [0.25, 0.3) is 0 Å². The van der Waals surface area contributed by atoms with Gasteiger partial charge < -0.3 is 45.4 Å². The van der Waals surface area contributed by atoms with E-state index >= 15 is 0 Å². The average molecular weight is 660 g/mol. The first kappa shape index (κ1) is 36.4. The number of halogens is 1. The van der Waals surface area contributed by atoms with Crippen molar-refractivity contribution in [3.8, 4) is 5.88 Å². The number of hydrogen-bond acceptors (Lipinski definition) is 10. The molecule has 12 nitrogen and oxygen atoms in total. The quantitative estimate of drug-likeness (QED) is 0.117. The van der Waals surface area contributed by atoms with E-state index in [1.165, 1.54) is 0 Å². The molecule has 0 radical (unpaired) electrons. The molecule has 0 bridgehead atoms. The van der Waals surface area contributed by atoms with Crippen LogP contribution in [0.5, 0.6) is 5.88 Å². The van der Waals surface area contributed by atoms with Crippen molar-refractivity contribution in [1.29, 1.82) is 0 Å². The van der Waals surface area contributed by atoms with Gasteiger partial charge in [-0.1, -0.05) is 68.4 Å². The summed E-state index contributed by atoms with van der Waals surface area (Å²) in [6, 6.07) is 17.4. The number of rotatable bonds is 16. The van der Waals surface area contributed by atoms with Crippen molar-refractivity contribution in [1.82, 2.24) is 15.1 Å². The lowest BCUT2D eigenvalue weighted by Gasteiger charge is -2.38. The van der Waals surface area contributed by atoms with Gasteiger partial charge in [-0.2, -0.15) is 5.10 Å². The minimum absolute atomic E-state index is 0.0146. The number of alkyl halides is 1. The van der Waals surface area contributed by atoms with Crippen molar-refractivity contribution in [2.45, 2.75) is 88.3 Å². The maximum absolute atomic E-state index is 14.5. The van der Waals surface area contributed by atoms with Crippen molar-refractivity contribution in [2.75, 3.05) is 26.4 Å². The Morgan fingerprint density at radius 3 is 2.21 bits per heavy atom. The highest BCUT2D eigenvalue weighted by atomic mass is 19.1. The van der Waals surface area contributed by atoms with E-state index in [2.05, 4.69) is 5.32 Å². The highest BCUT2D eigenvalue weighted by Gasteiger charge is 2.46. The summed E-state index contributed by atoms with van der Waals surface area (Å²) < 4.78 is 27.9. The molecule has 5 atom stereocenters. The molecule has 7 N–H and O–H groups in total. The molecule has 1 amide bonds. The van der Waals surface area contributed by atoms with Gasteiger partial charge in [0, 0.05) is 18.4 Å². The van der Waals surface area contributed by atoms with Gasteiger partial charge >= 0.3 is 0 Å². The standard InChI is InChI=1S/C34H46FN3O9/c1-21(2)29-25(15-23-13-11-22(12-14-23)9-6-10-27(43)36-34(18-40,19-41)20-42)32(38(37-29)16-24-7-4-3-5-8-24)47-33-31(45)30(44)28(35)26(17-39)46-33/h3-5,7-8,11-14,21,26,28,30-31,33,39-42,44-45H,6,9-10,15-20H2,1-2H3,(H,36,43)/t26-,28-,30+,31-,33?/m1/s1. The monoisotopic (exact) mass is 659 g/mol. The smallest absolute Gasteiger partial charge is 0.231 e. The zero-order valence-corrected chi connectivity index (χ0v) is 26.7. The molecule has 13 heteroatoms. The number of carbonyl (C=O) groups is 1. The van der Waals surface area contributed by atoms with Crippen LogP contribution in [0.15, 0.2) is 54.6 Å². The van der Waals surface area contributed by atoms with Gasteiger partial charge in [-0.15, -0.1) is 0 Å². The first-order chi connectivity index (χ1) is 22.5. The molecule has 2 heterocycles. The summed E-state index contributed by atoms with van der Waals surface area (Å²) in [5.41, 5.74) is 2.89. The number of amides is 1. The molecule has 1 aliphatic rings. The lowest BCUT2D eigenvalue weighted by atomic mass is 9.97. The van der Waals surface area contributed by atoms with Gasteiger partial charge in [-0.05, 0) is 35.4 Å². The largest absolute Gasteiger partial charge is 0.445 e. The van der Waals surface area contributed by atoms with E-state index in [0.29, 0.717) is 31.7 Å². The van der Waals surface area contributed by atoms with Crippen LogP contribution < -0.4 is 10.1 Å². The van der Waals surface area contributed by atoms with E-state index in [0.717, 1.165) is 27.9 Å². The van der Waals surface area contributed by atoms with E-state index in [1.54, 1.807) is 4.68 Å². The molecular formula is C34H46FN3O9. The molecule has 258 valence electrons. The third kappa shape index (κ3) is 8.93. The maximum Gasteiger partial charge on any atom is 0.231 e. The van der Waals surface area contributed by atoms with Gasteiger partial charge in [0.15, 0.2) is 6.17 Å². The Morgan fingerprint density at radius 2 is 1.62 bits per heavy atom. The molecule has 0 spiro atoms. The Hall–Kier alpha value is -3.43. The van der Waals surface area contributed by atoms with Crippen LogP contribution in [-0.2, 0) is 28.9 Å². The second-order valence-corrected chi connectivity index (χ2v) is 12.4. The number of aryl methyl sites for hydroxylation is 1. The van der Waals surface area contributed by atoms with Crippen molar-refractivity contribution < 1.29 is 49.3 Å². The number of aliphatic hydroxyl groups is 6. The molecule has 4 rings (SSSR count). The topological polar surface area (TPSA) is 187 Å². The lowest BCUT2D eigenvalue weighted by Crippen LogP contribution is -2.58. The minimum atomic E-state index is -1.99. The zero-order valence-electron chi connectivity index (χ0n) is 26.7. The van der Waals surface area contributed by atoms with Crippen molar-refractivity contribution in [3.63, 3.8) is 0 Å². The molecule has 0 saturated carbocycles. The molecule has 47 heavy (non-hydrogen) atoms. The summed E-state index contributed by atoms with van der Waals surface area (Å²) in [5.74, 6) is -0.103. The minimum Gasteiger partial charge on any atom is -0.445 e. The van der Waals surface area contributed by atoms with Crippen molar-refractivity contribution >= 4 is 5.91 Å². The van der Waals surface area contributed by atoms with Gasteiger partial charge in [0.2, 0.25) is 18.1 Å². The molecule has 3 aromatic rings. The number of ether oxygens (including phenoxy) is 2. The number of carbonyl (C=O) groups excluding carboxylic acids is 1. The Kier molecular flexibility index (Phi) is 12.9. The van der Waals surface area contributed by atoms with Gasteiger partial charge in [0.05, 0.1) is 38.7 Å². The summed E-state index contributed by atoms with van der Waals surface area (Å²) in [6.07, 6.45) is -6.71. The fourth-order valence-corrected chi connectivity index (χ4v) is 5.48. The summed E-state index contributed by atoms with van der Waals surface area (Å²) in [7, 11) is 0. The Balaban J connectivity index is 1.54. The Morgan fingerprint density at radius 1 is 0.979 bits per heavy atom. The highest BCUT2D eigenvalue weighted by molar-refractivity contribution is 5.76. The predicted octanol–water partition coefficient (Wildman–Crippen LogP) is 0.956. The number of aromatic nitrogens is 2. The number of hydrogen-bond donors (Lipinski definition) is 7. The number of benzene rings is 2. The molecule has 1 fully saturated rings. The summed E-state index contributed by atoms with van der Waals surface area (Å²) >= 11 is 0. The number of nitrogens with one attached hydrogen (secondary N) is 1. The van der Waals surface area contributed by atoms with Crippen LogP contribution in [0.4, 0.5) is 4.39 Å². The van der Waals surface area contributed by atoms with Gasteiger partial charge in [-0.25, -0.2) is 9.07 Å². The van der Waals surface area contributed by atoms with Crippen LogP contribution in [0, 0.1) is 0 Å². The van der Waals surface area contributed by atoms with Crippen molar-refractivity contribution in [2.24, 2.45) is 0 Å². The lowest BCUT2D eigenvalue weighted by molar-refractivity contribution is -0.266. The fraction of sp³-hybridized carbons (Fsp3) is 0.529. The van der Waals surface area contributed by atoms with Crippen LogP contribution in [-0.4, -0.2) is 109 Å². The van der Waals surface area contributed by atoms with Crippen LogP contribution in [0.2, 0.25) is 0 Å². The SMILES string of the molecule is CC(C)c1nn(Cc2ccccc2)c(OC2O[C@H](CO)[C@@H](F)[C@H](O)[C@H]2O)c1Cc1ccc(CCCC(=O)NC(CO)(CO)CO)cc1. The predicted molar refractivity (Wildman–Crippen MR) is 169 cm³/mol. The molecule has 1 aliphatic heterocycles. The number of aliphatic hydroxyl groups excluding tert-OH is 6. The van der Waals surface area contributed by atoms with E-state index < -0.39 is 62.7 Å². The molecule has 1 aromatic heterocycles. The van der Waals surface area contributed by atoms with Crippen LogP contribution in [0.25, 0.3) is 0 Å². The van der Waals surface area contributed by atoms with Crippen LogP contribution in [0.1, 0.15) is 60.6 Å². The van der Waals surface area contributed by atoms with Gasteiger partial charge in [0.1, 0.15) is 23.9 Å². The molecule has 2 aromatic carbocycles. The maximum atomic E-state index is 14.5. The molecule has 1 unspecified atom stereocenters. The normalized spacial score (nSPS) is 21.6. The van der Waals surface area contributed by atoms with E-state index in [9.17, 15) is 39.8 Å². The third-order valence-electron chi connectivity index (χ3n) is 8.36. The first-order valence-corrected chi connectivity index (χ1v) is 15.8. The molecule has 1 saturated heterocycles. The Bertz CT molecular complexity index is 1410. The van der Waals surface area contributed by atoms with Gasteiger partial charge in [-0.3, -0.25) is 4.79 Å². The first-order valence-electron chi connectivity index (χ1n) is 15.8. The highest BCUT2D eigenvalue weighted by Crippen LogP contribution is 2.34. The second-order valence-electron chi connectivity index (χ2n) is 12.4. The Labute approximate surface area is 273 Å². The summed E-state index contributed by atoms with van der Waals surface area (Å²) in [5, 5.41) is 66.3. The molecule has 0 aliphatic carbocycles.